The molecule has 7 nitrogen and oxygen atoms in total. The SMILES string of the molecule is Cc1ccc(O[C@@H](C)C(=O)N2CCC3(CC2)NC(=O)NC3=O)cc1. The van der Waals surface area contributed by atoms with Crippen molar-refractivity contribution in [3.8, 4) is 5.75 Å². The molecule has 1 aromatic rings. The fourth-order valence-corrected chi connectivity index (χ4v) is 3.12. The third kappa shape index (κ3) is 3.06. The summed E-state index contributed by atoms with van der Waals surface area (Å²) >= 11 is 0. The van der Waals surface area contributed by atoms with Crippen LogP contribution in [-0.4, -0.2) is 47.5 Å². The van der Waals surface area contributed by atoms with E-state index in [9.17, 15) is 14.4 Å². The molecule has 2 N–H and O–H groups in total. The minimum Gasteiger partial charge on any atom is -0.481 e. The Labute approximate surface area is 140 Å². The Morgan fingerprint density at radius 3 is 2.38 bits per heavy atom. The highest BCUT2D eigenvalue weighted by Crippen LogP contribution is 2.26. The number of likely N-dealkylation sites (tertiary alicyclic amines) is 1. The Morgan fingerprint density at radius 2 is 1.83 bits per heavy atom. The maximum atomic E-state index is 12.5. The molecule has 2 fully saturated rings. The first-order valence-electron chi connectivity index (χ1n) is 8.05. The molecule has 7 heteroatoms. The second-order valence-electron chi connectivity index (χ2n) is 6.39. The molecule has 1 spiro atoms. The summed E-state index contributed by atoms with van der Waals surface area (Å²) in [6, 6.07) is 7.07. The van der Waals surface area contributed by atoms with Gasteiger partial charge in [-0.05, 0) is 38.8 Å². The second-order valence-corrected chi connectivity index (χ2v) is 6.39. The van der Waals surface area contributed by atoms with Gasteiger partial charge in [0, 0.05) is 13.1 Å². The molecule has 0 unspecified atom stereocenters. The van der Waals surface area contributed by atoms with E-state index in [1.807, 2.05) is 31.2 Å². The molecule has 24 heavy (non-hydrogen) atoms. The predicted octanol–water partition coefficient (Wildman–Crippen LogP) is 0.963. The number of benzene rings is 1. The summed E-state index contributed by atoms with van der Waals surface area (Å²) < 4.78 is 5.70. The smallest absolute Gasteiger partial charge is 0.322 e. The van der Waals surface area contributed by atoms with Gasteiger partial charge in [0.25, 0.3) is 11.8 Å². The zero-order valence-electron chi connectivity index (χ0n) is 13.8. The van der Waals surface area contributed by atoms with Gasteiger partial charge < -0.3 is 15.0 Å². The summed E-state index contributed by atoms with van der Waals surface area (Å²) in [6.45, 7) is 4.53. The van der Waals surface area contributed by atoms with Crippen molar-refractivity contribution in [2.45, 2.75) is 38.3 Å². The highest BCUT2D eigenvalue weighted by atomic mass is 16.5. The van der Waals surface area contributed by atoms with Crippen molar-refractivity contribution >= 4 is 17.8 Å². The fourth-order valence-electron chi connectivity index (χ4n) is 3.12. The number of nitrogens with one attached hydrogen (secondary N) is 2. The van der Waals surface area contributed by atoms with Gasteiger partial charge in [-0.3, -0.25) is 14.9 Å². The zero-order chi connectivity index (χ0) is 17.3. The number of amides is 4. The first-order valence-corrected chi connectivity index (χ1v) is 8.05. The van der Waals surface area contributed by atoms with Gasteiger partial charge >= 0.3 is 6.03 Å². The number of carbonyl (C=O) groups is 3. The van der Waals surface area contributed by atoms with E-state index in [2.05, 4.69) is 10.6 Å². The van der Waals surface area contributed by atoms with E-state index in [0.717, 1.165) is 5.56 Å². The van der Waals surface area contributed by atoms with Crippen LogP contribution in [-0.2, 0) is 9.59 Å². The number of nitrogens with zero attached hydrogens (tertiary/aromatic N) is 1. The quantitative estimate of drug-likeness (QED) is 0.808. The minimum absolute atomic E-state index is 0.116. The number of aryl methyl sites for hydroxylation is 1. The Balaban J connectivity index is 1.57. The first kappa shape index (κ1) is 16.3. The summed E-state index contributed by atoms with van der Waals surface area (Å²) in [5.41, 5.74) is 0.258. The first-order chi connectivity index (χ1) is 11.4. The van der Waals surface area contributed by atoms with Crippen molar-refractivity contribution in [3.05, 3.63) is 29.8 Å². The third-order valence-corrected chi connectivity index (χ3v) is 4.62. The summed E-state index contributed by atoms with van der Waals surface area (Å²) in [4.78, 5) is 37.5. The Kier molecular flexibility index (Phi) is 4.17. The van der Waals surface area contributed by atoms with Crippen molar-refractivity contribution in [3.63, 3.8) is 0 Å². The van der Waals surface area contributed by atoms with E-state index in [0.29, 0.717) is 31.7 Å². The van der Waals surface area contributed by atoms with Crippen LogP contribution in [0.3, 0.4) is 0 Å². The van der Waals surface area contributed by atoms with Crippen LogP contribution in [0.25, 0.3) is 0 Å². The zero-order valence-corrected chi connectivity index (χ0v) is 13.8. The lowest BCUT2D eigenvalue weighted by Gasteiger charge is -2.37. The normalized spacial score (nSPS) is 20.5. The number of piperidine rings is 1. The molecule has 1 atom stereocenters. The van der Waals surface area contributed by atoms with Gasteiger partial charge in [0.1, 0.15) is 11.3 Å². The monoisotopic (exact) mass is 331 g/mol. The van der Waals surface area contributed by atoms with Crippen LogP contribution in [0.4, 0.5) is 4.79 Å². The standard InChI is InChI=1S/C17H21N3O4/c1-11-3-5-13(6-4-11)24-12(2)14(21)20-9-7-17(8-10-20)15(22)18-16(23)19-17/h3-6,12H,7-10H2,1-2H3,(H2,18,19,22,23)/t12-/m0/s1. The van der Waals surface area contributed by atoms with Crippen molar-refractivity contribution < 1.29 is 19.1 Å². The summed E-state index contributed by atoms with van der Waals surface area (Å²) in [5.74, 6) is 0.232. The minimum atomic E-state index is -0.866. The van der Waals surface area contributed by atoms with Crippen molar-refractivity contribution in [2.75, 3.05) is 13.1 Å². The second kappa shape index (κ2) is 6.14. The molecule has 0 aliphatic carbocycles. The molecule has 2 aliphatic heterocycles. The van der Waals surface area contributed by atoms with Crippen LogP contribution < -0.4 is 15.4 Å². The third-order valence-electron chi connectivity index (χ3n) is 4.62. The van der Waals surface area contributed by atoms with Crippen LogP contribution in [0.2, 0.25) is 0 Å². The van der Waals surface area contributed by atoms with Crippen LogP contribution in [0.5, 0.6) is 5.75 Å². The van der Waals surface area contributed by atoms with Gasteiger partial charge in [-0.1, -0.05) is 17.7 Å². The fraction of sp³-hybridized carbons (Fsp3) is 0.471. The van der Waals surface area contributed by atoms with Gasteiger partial charge in [0.05, 0.1) is 0 Å². The molecule has 4 amide bonds. The van der Waals surface area contributed by atoms with Gasteiger partial charge in [-0.2, -0.15) is 0 Å². The van der Waals surface area contributed by atoms with E-state index >= 15 is 0 Å². The highest BCUT2D eigenvalue weighted by molar-refractivity contribution is 6.07. The summed E-state index contributed by atoms with van der Waals surface area (Å²) in [7, 11) is 0. The van der Waals surface area contributed by atoms with Crippen LogP contribution in [0.1, 0.15) is 25.3 Å². The average molecular weight is 331 g/mol. The van der Waals surface area contributed by atoms with Crippen molar-refractivity contribution in [1.82, 2.24) is 15.5 Å². The number of ether oxygens (including phenoxy) is 1. The van der Waals surface area contributed by atoms with Crippen molar-refractivity contribution in [1.29, 1.82) is 0 Å². The molecule has 0 bridgehead atoms. The van der Waals surface area contributed by atoms with E-state index in [1.54, 1.807) is 11.8 Å². The largest absolute Gasteiger partial charge is 0.481 e. The van der Waals surface area contributed by atoms with E-state index in [-0.39, 0.29) is 11.8 Å². The molecule has 2 heterocycles. The molecule has 0 saturated carbocycles. The predicted molar refractivity (Wildman–Crippen MR) is 86.5 cm³/mol. The highest BCUT2D eigenvalue weighted by Gasteiger charge is 2.48. The van der Waals surface area contributed by atoms with E-state index in [4.69, 9.17) is 4.74 Å². The molecule has 2 saturated heterocycles. The molecule has 128 valence electrons. The molecule has 2 aliphatic rings. The van der Waals surface area contributed by atoms with E-state index in [1.165, 1.54) is 0 Å². The van der Waals surface area contributed by atoms with Crippen LogP contribution in [0.15, 0.2) is 24.3 Å². The molecule has 1 aromatic carbocycles. The topological polar surface area (TPSA) is 87.7 Å². The number of hydrogen-bond donors (Lipinski definition) is 2. The molecule has 0 radical (unpaired) electrons. The number of carbonyl (C=O) groups excluding carboxylic acids is 3. The van der Waals surface area contributed by atoms with Crippen LogP contribution in [0, 0.1) is 6.92 Å². The van der Waals surface area contributed by atoms with E-state index < -0.39 is 17.7 Å². The van der Waals surface area contributed by atoms with Gasteiger partial charge in [0.15, 0.2) is 6.10 Å². The molecule has 3 rings (SSSR count). The number of rotatable bonds is 3. The molecular formula is C17H21N3O4. The Bertz CT molecular complexity index is 663. The molecule has 0 aromatic heterocycles. The maximum Gasteiger partial charge on any atom is 0.322 e. The lowest BCUT2D eigenvalue weighted by atomic mass is 9.87. The summed E-state index contributed by atoms with van der Waals surface area (Å²) in [5, 5.41) is 4.95. The number of urea groups is 1. The Hall–Kier alpha value is -2.57. The lowest BCUT2D eigenvalue weighted by molar-refractivity contribution is -0.141. The van der Waals surface area contributed by atoms with Crippen molar-refractivity contribution in [2.24, 2.45) is 0 Å². The summed E-state index contributed by atoms with van der Waals surface area (Å²) in [6.07, 6.45) is 0.218. The Morgan fingerprint density at radius 1 is 1.21 bits per heavy atom. The van der Waals surface area contributed by atoms with Gasteiger partial charge in [-0.25, -0.2) is 4.79 Å². The number of hydrogen-bond acceptors (Lipinski definition) is 4. The average Bonchev–Trinajstić information content (AvgIpc) is 2.83. The lowest BCUT2D eigenvalue weighted by Crippen LogP contribution is -2.57. The van der Waals surface area contributed by atoms with Crippen LogP contribution >= 0.6 is 0 Å². The maximum absolute atomic E-state index is 12.5. The molecular weight excluding hydrogens is 310 g/mol. The number of imide groups is 1. The van der Waals surface area contributed by atoms with Gasteiger partial charge in [-0.15, -0.1) is 0 Å². The van der Waals surface area contributed by atoms with Gasteiger partial charge in [0.2, 0.25) is 0 Å².